The maximum absolute atomic E-state index is 12.0. The van der Waals surface area contributed by atoms with Crippen molar-refractivity contribution in [2.45, 2.75) is 25.3 Å². The number of rotatable bonds is 6. The van der Waals surface area contributed by atoms with Crippen LogP contribution in [0.15, 0.2) is 30.9 Å². The molecule has 1 saturated heterocycles. The van der Waals surface area contributed by atoms with Crippen LogP contribution in [0.5, 0.6) is 0 Å². The van der Waals surface area contributed by atoms with Gasteiger partial charge in [0.15, 0.2) is 0 Å². The Kier molecular flexibility index (Phi) is 5.93. The van der Waals surface area contributed by atoms with Crippen LogP contribution in [0, 0.1) is 0 Å². The third kappa shape index (κ3) is 4.07. The highest BCUT2D eigenvalue weighted by Gasteiger charge is 2.26. The average Bonchev–Trinajstić information content (AvgIpc) is 3.30. The van der Waals surface area contributed by atoms with Gasteiger partial charge in [0, 0.05) is 32.4 Å². The van der Waals surface area contributed by atoms with E-state index in [-0.39, 0.29) is 6.04 Å². The van der Waals surface area contributed by atoms with E-state index in [1.54, 1.807) is 6.08 Å². The van der Waals surface area contributed by atoms with Crippen LogP contribution in [0.25, 0.3) is 0 Å². The number of benzene rings is 1. The molecule has 2 heterocycles. The summed E-state index contributed by atoms with van der Waals surface area (Å²) in [5, 5.41) is 5.32. The Morgan fingerprint density at radius 2 is 1.92 bits per heavy atom. The third-order valence-corrected chi connectivity index (χ3v) is 5.27. The normalized spacial score (nSPS) is 17.7. The molecule has 0 aliphatic carbocycles. The third-order valence-electron chi connectivity index (χ3n) is 5.27. The fraction of sp³-hybridized carbons (Fsp3) is 0.500. The number of carbonyl (C=O) groups is 2. The van der Waals surface area contributed by atoms with E-state index in [0.29, 0.717) is 13.1 Å². The lowest BCUT2D eigenvalue weighted by Gasteiger charge is -2.28. The second-order valence-corrected chi connectivity index (χ2v) is 7.03. The summed E-state index contributed by atoms with van der Waals surface area (Å²) in [4.78, 5) is 28.5. The molecule has 1 fully saturated rings. The number of hydrogen-bond acceptors (Lipinski definition) is 4. The van der Waals surface area contributed by atoms with Gasteiger partial charge in [0.2, 0.25) is 0 Å². The van der Waals surface area contributed by atoms with Crippen LogP contribution < -0.4 is 15.5 Å². The van der Waals surface area contributed by atoms with Crippen molar-refractivity contribution in [3.63, 3.8) is 0 Å². The summed E-state index contributed by atoms with van der Waals surface area (Å²) in [6.07, 6.45) is 4.97. The number of amides is 2. The van der Waals surface area contributed by atoms with E-state index in [9.17, 15) is 9.59 Å². The van der Waals surface area contributed by atoms with Crippen LogP contribution >= 0.6 is 0 Å². The molecule has 140 valence electrons. The summed E-state index contributed by atoms with van der Waals surface area (Å²) in [5.41, 5.74) is 3.87. The summed E-state index contributed by atoms with van der Waals surface area (Å²) < 4.78 is 0. The summed E-state index contributed by atoms with van der Waals surface area (Å²) in [6.45, 7) is 7.37. The molecule has 26 heavy (non-hydrogen) atoms. The van der Waals surface area contributed by atoms with Gasteiger partial charge in [0.25, 0.3) is 0 Å². The Hall–Kier alpha value is -2.34. The molecule has 0 saturated carbocycles. The lowest BCUT2D eigenvalue weighted by molar-refractivity contribution is -0.139. The molecular formula is C20H28N4O2. The van der Waals surface area contributed by atoms with Gasteiger partial charge in [-0.1, -0.05) is 18.2 Å². The van der Waals surface area contributed by atoms with E-state index < -0.39 is 11.8 Å². The van der Waals surface area contributed by atoms with Crippen molar-refractivity contribution >= 4 is 17.5 Å². The average molecular weight is 356 g/mol. The molecule has 2 aliphatic heterocycles. The molecule has 0 spiro atoms. The number of nitrogens with zero attached hydrogens (tertiary/aromatic N) is 2. The number of likely N-dealkylation sites (N-methyl/N-ethyl adjacent to an activating group) is 1. The molecule has 1 aromatic rings. The molecule has 0 radical (unpaired) electrons. The van der Waals surface area contributed by atoms with Gasteiger partial charge in [-0.05, 0) is 49.5 Å². The molecule has 0 unspecified atom stereocenters. The van der Waals surface area contributed by atoms with Crippen LogP contribution in [0.1, 0.15) is 30.0 Å². The maximum Gasteiger partial charge on any atom is 0.309 e. The Balaban J connectivity index is 1.71. The summed E-state index contributed by atoms with van der Waals surface area (Å²) in [6, 6.07) is 6.71. The number of fused-ring (bicyclic) bond motifs is 1. The first-order valence-electron chi connectivity index (χ1n) is 9.35. The van der Waals surface area contributed by atoms with Crippen molar-refractivity contribution in [2.24, 2.45) is 0 Å². The molecule has 3 rings (SSSR count). The highest BCUT2D eigenvalue weighted by Crippen LogP contribution is 2.32. The first kappa shape index (κ1) is 18.5. The number of hydrogen-bond donors (Lipinski definition) is 2. The standard InChI is InChI=1S/C20H28N4O2/c1-3-9-21-19(25)20(26)22-14-18(24-10-4-5-11-24)15-6-7-17-16(13-15)8-12-23(17)2/h3,6-7,13,18H,1,4-5,8-12,14H2,2H3,(H,21,25)(H,22,26)/t18-/m0/s1. The van der Waals surface area contributed by atoms with Gasteiger partial charge in [-0.15, -0.1) is 6.58 Å². The monoisotopic (exact) mass is 356 g/mol. The lowest BCUT2D eigenvalue weighted by atomic mass is 10.0. The van der Waals surface area contributed by atoms with Crippen LogP contribution in [-0.2, 0) is 16.0 Å². The molecule has 2 aliphatic rings. The lowest BCUT2D eigenvalue weighted by Crippen LogP contribution is -2.43. The van der Waals surface area contributed by atoms with Gasteiger partial charge < -0.3 is 15.5 Å². The summed E-state index contributed by atoms with van der Waals surface area (Å²) in [7, 11) is 2.12. The molecule has 6 nitrogen and oxygen atoms in total. The van der Waals surface area contributed by atoms with Crippen molar-refractivity contribution in [1.29, 1.82) is 0 Å². The van der Waals surface area contributed by atoms with Gasteiger partial charge in [-0.25, -0.2) is 0 Å². The minimum atomic E-state index is -0.611. The van der Waals surface area contributed by atoms with E-state index in [2.05, 4.69) is 52.3 Å². The van der Waals surface area contributed by atoms with Crippen LogP contribution in [-0.4, -0.2) is 56.5 Å². The van der Waals surface area contributed by atoms with Gasteiger partial charge in [0.1, 0.15) is 0 Å². The zero-order valence-corrected chi connectivity index (χ0v) is 15.5. The highest BCUT2D eigenvalue weighted by molar-refractivity contribution is 6.35. The molecule has 2 N–H and O–H groups in total. The van der Waals surface area contributed by atoms with E-state index in [4.69, 9.17) is 0 Å². The Bertz CT molecular complexity index is 682. The number of anilines is 1. The quantitative estimate of drug-likeness (QED) is 0.595. The van der Waals surface area contributed by atoms with Crippen LogP contribution in [0.4, 0.5) is 5.69 Å². The van der Waals surface area contributed by atoms with Gasteiger partial charge in [-0.2, -0.15) is 0 Å². The Labute approximate surface area is 155 Å². The molecule has 1 aromatic carbocycles. The second-order valence-electron chi connectivity index (χ2n) is 7.03. The minimum absolute atomic E-state index is 0.102. The number of nitrogens with one attached hydrogen (secondary N) is 2. The molecule has 6 heteroatoms. The zero-order valence-electron chi connectivity index (χ0n) is 15.5. The van der Waals surface area contributed by atoms with Crippen molar-refractivity contribution in [2.75, 3.05) is 44.7 Å². The van der Waals surface area contributed by atoms with Crippen molar-refractivity contribution in [3.05, 3.63) is 42.0 Å². The summed E-state index contributed by atoms with van der Waals surface area (Å²) in [5.74, 6) is -1.20. The molecule has 0 aromatic heterocycles. The van der Waals surface area contributed by atoms with Gasteiger partial charge in [0.05, 0.1) is 6.04 Å². The predicted molar refractivity (Wildman–Crippen MR) is 103 cm³/mol. The van der Waals surface area contributed by atoms with Crippen molar-refractivity contribution in [1.82, 2.24) is 15.5 Å². The summed E-state index contributed by atoms with van der Waals surface area (Å²) >= 11 is 0. The largest absolute Gasteiger partial charge is 0.374 e. The van der Waals surface area contributed by atoms with E-state index in [0.717, 1.165) is 26.1 Å². The smallest absolute Gasteiger partial charge is 0.309 e. The predicted octanol–water partition coefficient (Wildman–Crippen LogP) is 1.23. The minimum Gasteiger partial charge on any atom is -0.374 e. The Morgan fingerprint density at radius 1 is 1.19 bits per heavy atom. The number of carbonyl (C=O) groups excluding carboxylic acids is 2. The Morgan fingerprint density at radius 3 is 2.65 bits per heavy atom. The maximum atomic E-state index is 12.0. The van der Waals surface area contributed by atoms with Gasteiger partial charge >= 0.3 is 11.8 Å². The molecule has 1 atom stereocenters. The van der Waals surface area contributed by atoms with Crippen molar-refractivity contribution < 1.29 is 9.59 Å². The zero-order chi connectivity index (χ0) is 18.5. The van der Waals surface area contributed by atoms with E-state index >= 15 is 0 Å². The first-order valence-corrected chi connectivity index (χ1v) is 9.35. The fourth-order valence-corrected chi connectivity index (χ4v) is 3.82. The van der Waals surface area contributed by atoms with Crippen molar-refractivity contribution in [3.8, 4) is 0 Å². The highest BCUT2D eigenvalue weighted by atomic mass is 16.2. The topological polar surface area (TPSA) is 64.7 Å². The van der Waals surface area contributed by atoms with Crippen LogP contribution in [0.3, 0.4) is 0 Å². The van der Waals surface area contributed by atoms with E-state index in [1.807, 2.05) is 0 Å². The van der Waals surface area contributed by atoms with Crippen LogP contribution in [0.2, 0.25) is 0 Å². The first-order chi connectivity index (χ1) is 12.6. The van der Waals surface area contributed by atoms with Gasteiger partial charge in [-0.3, -0.25) is 14.5 Å². The SMILES string of the molecule is C=CCNC(=O)C(=O)NC[C@@H](c1ccc2c(c1)CCN2C)N1CCCC1. The fourth-order valence-electron chi connectivity index (χ4n) is 3.82. The van der Waals surface area contributed by atoms with E-state index in [1.165, 1.54) is 29.7 Å². The molecular weight excluding hydrogens is 328 g/mol. The second kappa shape index (κ2) is 8.36. The molecule has 2 amide bonds. The number of likely N-dealkylation sites (tertiary alicyclic amines) is 1. The molecule has 0 bridgehead atoms.